The molecule has 0 aliphatic heterocycles. The molecule has 1 rings (SSSR count). The fourth-order valence-electron chi connectivity index (χ4n) is 1.50. The van der Waals surface area contributed by atoms with Crippen molar-refractivity contribution >= 4 is 5.91 Å². The number of carbonyl (C=O) groups is 1. The Hall–Kier alpha value is -1.75. The van der Waals surface area contributed by atoms with Crippen molar-refractivity contribution in [3.05, 3.63) is 23.8 Å². The molecule has 0 fully saturated rings. The summed E-state index contributed by atoms with van der Waals surface area (Å²) in [4.78, 5) is 11.1. The third-order valence-corrected chi connectivity index (χ3v) is 2.67. The first-order valence-electron chi connectivity index (χ1n) is 6.30. The molecule has 0 saturated carbocycles. The van der Waals surface area contributed by atoms with Crippen LogP contribution in [0.2, 0.25) is 0 Å². The Bertz CT molecular complexity index is 433. The fraction of sp³-hybridized carbons (Fsp3) is 0.500. The van der Waals surface area contributed by atoms with Crippen molar-refractivity contribution in [2.45, 2.75) is 39.5 Å². The molecule has 106 valence electrons. The van der Waals surface area contributed by atoms with Crippen LogP contribution in [-0.2, 0) is 11.3 Å². The summed E-state index contributed by atoms with van der Waals surface area (Å²) in [6.07, 6.45) is -0.661. The Morgan fingerprint density at radius 3 is 2.58 bits per heavy atom. The van der Waals surface area contributed by atoms with E-state index >= 15 is 0 Å². The number of nitrogens with one attached hydrogen (secondary N) is 1. The number of amides is 1. The fourth-order valence-corrected chi connectivity index (χ4v) is 1.50. The van der Waals surface area contributed by atoms with Crippen LogP contribution in [0.1, 0.15) is 26.3 Å². The molecule has 0 aliphatic rings. The molecule has 0 aliphatic carbocycles. The minimum Gasteiger partial charge on any atom is -0.497 e. The third kappa shape index (κ3) is 4.79. The molecule has 1 unspecified atom stereocenters. The lowest BCUT2D eigenvalue weighted by Gasteiger charge is -2.17. The first-order valence-corrected chi connectivity index (χ1v) is 6.30. The van der Waals surface area contributed by atoms with E-state index in [-0.39, 0.29) is 0 Å². The van der Waals surface area contributed by atoms with Gasteiger partial charge in [-0.1, -0.05) is 13.8 Å². The lowest BCUT2D eigenvalue weighted by molar-refractivity contribution is -0.124. The van der Waals surface area contributed by atoms with E-state index in [0.717, 1.165) is 11.3 Å². The highest BCUT2D eigenvalue weighted by molar-refractivity contribution is 5.78. The molecule has 1 atom stereocenters. The highest BCUT2D eigenvalue weighted by Crippen LogP contribution is 2.25. The Labute approximate surface area is 114 Å². The first kappa shape index (κ1) is 15.3. The second kappa shape index (κ2) is 6.99. The molecule has 0 saturated heterocycles. The van der Waals surface area contributed by atoms with Gasteiger partial charge in [0, 0.05) is 18.2 Å². The van der Waals surface area contributed by atoms with E-state index in [0.29, 0.717) is 18.3 Å². The number of rotatable bonds is 7. The van der Waals surface area contributed by atoms with Crippen LogP contribution >= 0.6 is 0 Å². The molecule has 5 heteroatoms. The van der Waals surface area contributed by atoms with Crippen LogP contribution in [0.3, 0.4) is 0 Å². The monoisotopic (exact) mass is 266 g/mol. The van der Waals surface area contributed by atoms with E-state index in [1.807, 2.05) is 6.07 Å². The van der Waals surface area contributed by atoms with Crippen LogP contribution in [0.25, 0.3) is 0 Å². The maximum Gasteiger partial charge on any atom is 0.258 e. The second-order valence-corrected chi connectivity index (χ2v) is 4.67. The Morgan fingerprint density at radius 2 is 2.05 bits per heavy atom. The van der Waals surface area contributed by atoms with Crippen molar-refractivity contribution in [2.24, 2.45) is 5.73 Å². The molecule has 0 aromatic heterocycles. The summed E-state index contributed by atoms with van der Waals surface area (Å²) in [6.45, 7) is 6.39. The van der Waals surface area contributed by atoms with Crippen LogP contribution in [0.15, 0.2) is 18.2 Å². The molecule has 0 radical (unpaired) electrons. The Kier molecular flexibility index (Phi) is 5.63. The van der Waals surface area contributed by atoms with Gasteiger partial charge in [-0.2, -0.15) is 0 Å². The maximum absolute atomic E-state index is 11.1. The number of hydrogen-bond acceptors (Lipinski definition) is 4. The van der Waals surface area contributed by atoms with Crippen LogP contribution in [-0.4, -0.2) is 25.2 Å². The molecule has 3 N–H and O–H groups in total. The molecule has 1 aromatic carbocycles. The van der Waals surface area contributed by atoms with Gasteiger partial charge in [0.1, 0.15) is 11.5 Å². The molecular weight excluding hydrogens is 244 g/mol. The lowest BCUT2D eigenvalue weighted by Crippen LogP contribution is -2.31. The molecule has 5 nitrogen and oxygen atoms in total. The van der Waals surface area contributed by atoms with Crippen LogP contribution < -0.4 is 20.5 Å². The first-order chi connectivity index (χ1) is 8.93. The van der Waals surface area contributed by atoms with Crippen LogP contribution in [0, 0.1) is 0 Å². The van der Waals surface area contributed by atoms with Crippen LogP contribution in [0.5, 0.6) is 11.5 Å². The summed E-state index contributed by atoms with van der Waals surface area (Å²) in [5, 5.41) is 3.30. The zero-order valence-corrected chi connectivity index (χ0v) is 11.9. The lowest BCUT2D eigenvalue weighted by atomic mass is 10.1. The van der Waals surface area contributed by atoms with E-state index in [4.69, 9.17) is 15.2 Å². The van der Waals surface area contributed by atoms with Crippen molar-refractivity contribution in [3.63, 3.8) is 0 Å². The molecule has 0 heterocycles. The van der Waals surface area contributed by atoms with E-state index in [1.54, 1.807) is 26.2 Å². The van der Waals surface area contributed by atoms with Crippen molar-refractivity contribution in [1.82, 2.24) is 5.32 Å². The minimum absolute atomic E-state index is 0.354. The molecule has 1 amide bonds. The Morgan fingerprint density at radius 1 is 1.37 bits per heavy atom. The maximum atomic E-state index is 11.1. The molecule has 1 aromatic rings. The van der Waals surface area contributed by atoms with Crippen molar-refractivity contribution < 1.29 is 14.3 Å². The number of nitrogens with two attached hydrogens (primary N) is 1. The largest absolute Gasteiger partial charge is 0.497 e. The molecule has 0 spiro atoms. The number of hydrogen-bond donors (Lipinski definition) is 2. The Balaban J connectivity index is 2.91. The SMILES string of the molecule is COc1ccc(OC(C)C(N)=O)c(CNC(C)C)c1. The molecule has 19 heavy (non-hydrogen) atoms. The summed E-state index contributed by atoms with van der Waals surface area (Å²) >= 11 is 0. The van der Waals surface area contributed by atoms with E-state index in [2.05, 4.69) is 19.2 Å². The normalized spacial score (nSPS) is 12.3. The number of methoxy groups -OCH3 is 1. The average molecular weight is 266 g/mol. The van der Waals surface area contributed by atoms with Gasteiger partial charge in [-0.05, 0) is 25.1 Å². The summed E-state index contributed by atoms with van der Waals surface area (Å²) in [5.74, 6) is 0.901. The average Bonchev–Trinajstić information content (AvgIpc) is 2.37. The zero-order valence-electron chi connectivity index (χ0n) is 11.9. The van der Waals surface area contributed by atoms with Gasteiger partial charge in [0.05, 0.1) is 7.11 Å². The zero-order chi connectivity index (χ0) is 14.4. The molecule has 0 bridgehead atoms. The summed E-state index contributed by atoms with van der Waals surface area (Å²) in [5.41, 5.74) is 6.14. The van der Waals surface area contributed by atoms with Crippen molar-refractivity contribution in [2.75, 3.05) is 7.11 Å². The summed E-state index contributed by atoms with van der Waals surface area (Å²) in [7, 11) is 1.61. The second-order valence-electron chi connectivity index (χ2n) is 4.67. The van der Waals surface area contributed by atoms with E-state index in [9.17, 15) is 4.79 Å². The standard InChI is InChI=1S/C14H22N2O3/c1-9(2)16-8-11-7-12(18-4)5-6-13(11)19-10(3)14(15)17/h5-7,9-10,16H,8H2,1-4H3,(H2,15,17). The van der Waals surface area contributed by atoms with Gasteiger partial charge < -0.3 is 20.5 Å². The smallest absolute Gasteiger partial charge is 0.258 e. The minimum atomic E-state index is -0.661. The quantitative estimate of drug-likeness (QED) is 0.783. The predicted octanol–water partition coefficient (Wildman–Crippen LogP) is 1.45. The van der Waals surface area contributed by atoms with Gasteiger partial charge in [-0.25, -0.2) is 0 Å². The van der Waals surface area contributed by atoms with Crippen molar-refractivity contribution in [1.29, 1.82) is 0 Å². The number of carbonyl (C=O) groups excluding carboxylic acids is 1. The van der Waals surface area contributed by atoms with Gasteiger partial charge in [0.15, 0.2) is 6.10 Å². The van der Waals surface area contributed by atoms with Gasteiger partial charge in [0.25, 0.3) is 5.91 Å². The number of primary amides is 1. The highest BCUT2D eigenvalue weighted by atomic mass is 16.5. The summed E-state index contributed by atoms with van der Waals surface area (Å²) in [6, 6.07) is 5.82. The predicted molar refractivity (Wildman–Crippen MR) is 74.3 cm³/mol. The van der Waals surface area contributed by atoms with Gasteiger partial charge in [-0.3, -0.25) is 4.79 Å². The van der Waals surface area contributed by atoms with E-state index in [1.165, 1.54) is 0 Å². The van der Waals surface area contributed by atoms with E-state index < -0.39 is 12.0 Å². The highest BCUT2D eigenvalue weighted by Gasteiger charge is 2.14. The topological polar surface area (TPSA) is 73.6 Å². The van der Waals surface area contributed by atoms with Crippen LogP contribution in [0.4, 0.5) is 0 Å². The third-order valence-electron chi connectivity index (χ3n) is 2.67. The van der Waals surface area contributed by atoms with Crippen molar-refractivity contribution in [3.8, 4) is 11.5 Å². The van der Waals surface area contributed by atoms with Gasteiger partial charge in [-0.15, -0.1) is 0 Å². The van der Waals surface area contributed by atoms with Gasteiger partial charge in [0.2, 0.25) is 0 Å². The summed E-state index contributed by atoms with van der Waals surface area (Å²) < 4.78 is 10.8. The number of benzene rings is 1. The number of ether oxygens (including phenoxy) is 2. The molecular formula is C14H22N2O3. The van der Waals surface area contributed by atoms with Gasteiger partial charge >= 0.3 is 0 Å².